The number of alkyl halides is 6. The molecular formula is C17H9F6N3O2S. The van der Waals surface area contributed by atoms with E-state index in [1.807, 2.05) is 0 Å². The number of aromatic nitrogens is 1. The van der Waals surface area contributed by atoms with E-state index in [4.69, 9.17) is 0 Å². The van der Waals surface area contributed by atoms with Crippen molar-refractivity contribution in [3.63, 3.8) is 0 Å². The Morgan fingerprint density at radius 2 is 1.31 bits per heavy atom. The van der Waals surface area contributed by atoms with E-state index in [0.29, 0.717) is 20.8 Å². The third kappa shape index (κ3) is 4.83. The van der Waals surface area contributed by atoms with E-state index in [1.165, 1.54) is 53.8 Å². The van der Waals surface area contributed by atoms with E-state index < -0.39 is 24.2 Å². The van der Waals surface area contributed by atoms with Gasteiger partial charge in [0.05, 0.1) is 10.2 Å². The SMILES string of the molecule is O=C(Nc1ccc(-c2nc3cc(NC(=O)C(F)(F)F)ccc3s2)cc1)C(F)(F)F. The number of fused-ring (bicyclic) bond motifs is 1. The summed E-state index contributed by atoms with van der Waals surface area (Å²) in [6.07, 6.45) is -10.0. The lowest BCUT2D eigenvalue weighted by molar-refractivity contribution is -0.167. The Morgan fingerprint density at radius 3 is 1.86 bits per heavy atom. The van der Waals surface area contributed by atoms with Crippen LogP contribution in [0.3, 0.4) is 0 Å². The predicted octanol–water partition coefficient (Wildman–Crippen LogP) is 4.96. The van der Waals surface area contributed by atoms with Crippen LogP contribution in [0, 0.1) is 0 Å². The molecule has 0 fully saturated rings. The fraction of sp³-hybridized carbons (Fsp3) is 0.118. The van der Waals surface area contributed by atoms with Gasteiger partial charge < -0.3 is 10.6 Å². The number of hydrogen-bond donors (Lipinski definition) is 2. The highest BCUT2D eigenvalue weighted by molar-refractivity contribution is 7.21. The van der Waals surface area contributed by atoms with Crippen molar-refractivity contribution in [3.05, 3.63) is 42.5 Å². The molecule has 152 valence electrons. The molecule has 5 nitrogen and oxygen atoms in total. The predicted molar refractivity (Wildman–Crippen MR) is 94.4 cm³/mol. The minimum Gasteiger partial charge on any atom is -0.318 e. The molecule has 2 amide bonds. The molecule has 0 atom stereocenters. The number of rotatable bonds is 3. The van der Waals surface area contributed by atoms with Crippen LogP contribution in [0.25, 0.3) is 20.8 Å². The van der Waals surface area contributed by atoms with Gasteiger partial charge in [-0.15, -0.1) is 11.3 Å². The maximum atomic E-state index is 12.3. The number of halogens is 6. The largest absolute Gasteiger partial charge is 0.471 e. The van der Waals surface area contributed by atoms with Crippen LogP contribution in [0.15, 0.2) is 42.5 Å². The molecule has 0 aliphatic heterocycles. The monoisotopic (exact) mass is 433 g/mol. The molecule has 2 aromatic carbocycles. The van der Waals surface area contributed by atoms with Gasteiger partial charge in [0.1, 0.15) is 5.01 Å². The number of hydrogen-bond acceptors (Lipinski definition) is 4. The Balaban J connectivity index is 1.80. The fourth-order valence-electron chi connectivity index (χ4n) is 2.23. The molecule has 12 heteroatoms. The zero-order chi connectivity index (χ0) is 21.4. The lowest BCUT2D eigenvalue weighted by Crippen LogP contribution is -2.29. The molecule has 0 saturated carbocycles. The molecule has 2 N–H and O–H groups in total. The topological polar surface area (TPSA) is 71.1 Å². The first-order chi connectivity index (χ1) is 13.4. The van der Waals surface area contributed by atoms with Gasteiger partial charge in [-0.25, -0.2) is 4.98 Å². The molecule has 0 spiro atoms. The first-order valence-electron chi connectivity index (χ1n) is 7.71. The van der Waals surface area contributed by atoms with Crippen molar-refractivity contribution in [1.82, 2.24) is 4.98 Å². The van der Waals surface area contributed by atoms with Gasteiger partial charge in [-0.2, -0.15) is 26.3 Å². The minimum absolute atomic E-state index is 0.0608. The van der Waals surface area contributed by atoms with Crippen LogP contribution >= 0.6 is 11.3 Å². The van der Waals surface area contributed by atoms with Crippen LogP contribution in [-0.2, 0) is 9.59 Å². The highest BCUT2D eigenvalue weighted by Crippen LogP contribution is 2.32. The quantitative estimate of drug-likeness (QED) is 0.574. The van der Waals surface area contributed by atoms with E-state index in [2.05, 4.69) is 4.98 Å². The molecule has 1 heterocycles. The standard InChI is InChI=1S/C17H9F6N3O2S/c18-16(19,20)14(27)24-9-3-1-8(2-4-9)13-26-11-7-10(5-6-12(11)29-13)25-15(28)17(21,22)23/h1-7H,(H,24,27)(H,25,28). The van der Waals surface area contributed by atoms with Crippen LogP contribution in [0.1, 0.15) is 0 Å². The molecule has 29 heavy (non-hydrogen) atoms. The van der Waals surface area contributed by atoms with Gasteiger partial charge in [0.25, 0.3) is 0 Å². The minimum atomic E-state index is -5.02. The van der Waals surface area contributed by atoms with Crippen LogP contribution in [0.5, 0.6) is 0 Å². The van der Waals surface area contributed by atoms with E-state index in [1.54, 1.807) is 10.6 Å². The second-order valence-electron chi connectivity index (χ2n) is 5.68. The van der Waals surface area contributed by atoms with Gasteiger partial charge in [0, 0.05) is 16.9 Å². The summed E-state index contributed by atoms with van der Waals surface area (Å²) < 4.78 is 74.4. The number of anilines is 2. The lowest BCUT2D eigenvalue weighted by Gasteiger charge is -2.08. The number of carbonyl (C=O) groups is 2. The summed E-state index contributed by atoms with van der Waals surface area (Å²) in [4.78, 5) is 26.2. The number of nitrogens with one attached hydrogen (secondary N) is 2. The Bertz CT molecular complexity index is 1070. The first-order valence-corrected chi connectivity index (χ1v) is 8.52. The van der Waals surface area contributed by atoms with Crippen molar-refractivity contribution >= 4 is 44.7 Å². The zero-order valence-electron chi connectivity index (χ0n) is 14.0. The third-order valence-electron chi connectivity index (χ3n) is 3.55. The zero-order valence-corrected chi connectivity index (χ0v) is 14.8. The third-order valence-corrected chi connectivity index (χ3v) is 4.64. The number of amides is 2. The van der Waals surface area contributed by atoms with Gasteiger partial charge in [-0.1, -0.05) is 0 Å². The molecule has 0 bridgehead atoms. The molecule has 0 saturated heterocycles. The average molecular weight is 433 g/mol. The van der Waals surface area contributed by atoms with Crippen LogP contribution < -0.4 is 10.6 Å². The molecule has 1 aromatic heterocycles. The molecular weight excluding hydrogens is 424 g/mol. The Hall–Kier alpha value is -3.15. The molecule has 0 aliphatic rings. The van der Waals surface area contributed by atoms with E-state index in [-0.39, 0.29) is 11.4 Å². The van der Waals surface area contributed by atoms with Gasteiger partial charge in [0.2, 0.25) is 0 Å². The highest BCUT2D eigenvalue weighted by atomic mass is 32.1. The summed E-state index contributed by atoms with van der Waals surface area (Å²) in [5, 5.41) is 3.89. The normalized spacial score (nSPS) is 12.1. The first kappa shape index (κ1) is 20.6. The van der Waals surface area contributed by atoms with Crippen molar-refractivity contribution < 1.29 is 35.9 Å². The van der Waals surface area contributed by atoms with Gasteiger partial charge in [0.15, 0.2) is 0 Å². The lowest BCUT2D eigenvalue weighted by atomic mass is 10.2. The van der Waals surface area contributed by atoms with Crippen molar-refractivity contribution in [2.45, 2.75) is 12.4 Å². The number of nitrogens with zero attached hydrogens (tertiary/aromatic N) is 1. The summed E-state index contributed by atoms with van der Waals surface area (Å²) in [5.41, 5.74) is 0.715. The van der Waals surface area contributed by atoms with Gasteiger partial charge in [-0.3, -0.25) is 9.59 Å². The Kier molecular flexibility index (Phi) is 5.22. The fourth-order valence-corrected chi connectivity index (χ4v) is 3.18. The number of thiazole rings is 1. The maximum absolute atomic E-state index is 12.3. The maximum Gasteiger partial charge on any atom is 0.471 e. The van der Waals surface area contributed by atoms with Gasteiger partial charge in [-0.05, 0) is 42.5 Å². The Labute approximate surface area is 162 Å². The second kappa shape index (κ2) is 7.35. The smallest absolute Gasteiger partial charge is 0.318 e. The van der Waals surface area contributed by atoms with Crippen LogP contribution in [0.4, 0.5) is 37.7 Å². The summed E-state index contributed by atoms with van der Waals surface area (Å²) in [7, 11) is 0. The van der Waals surface area contributed by atoms with Crippen molar-refractivity contribution in [3.8, 4) is 10.6 Å². The second-order valence-corrected chi connectivity index (χ2v) is 6.71. The van der Waals surface area contributed by atoms with Crippen molar-refractivity contribution in [1.29, 1.82) is 0 Å². The molecule has 0 radical (unpaired) electrons. The van der Waals surface area contributed by atoms with E-state index in [9.17, 15) is 35.9 Å². The number of benzene rings is 2. The Morgan fingerprint density at radius 1 is 0.793 bits per heavy atom. The summed E-state index contributed by atoms with van der Waals surface area (Å²) in [5.74, 6) is -4.21. The molecule has 3 rings (SSSR count). The van der Waals surface area contributed by atoms with Crippen molar-refractivity contribution in [2.24, 2.45) is 0 Å². The molecule has 0 unspecified atom stereocenters. The van der Waals surface area contributed by atoms with E-state index in [0.717, 1.165) is 0 Å². The highest BCUT2D eigenvalue weighted by Gasteiger charge is 2.39. The molecule has 0 aliphatic carbocycles. The summed E-state index contributed by atoms with van der Waals surface area (Å²) >= 11 is 1.19. The van der Waals surface area contributed by atoms with Crippen LogP contribution in [-0.4, -0.2) is 29.2 Å². The average Bonchev–Trinajstić information content (AvgIpc) is 3.04. The summed E-state index contributed by atoms with van der Waals surface area (Å²) in [6.45, 7) is 0. The van der Waals surface area contributed by atoms with Gasteiger partial charge >= 0.3 is 24.2 Å². The van der Waals surface area contributed by atoms with Crippen LogP contribution in [0.2, 0.25) is 0 Å². The number of carbonyl (C=O) groups excluding carboxylic acids is 2. The summed E-state index contributed by atoms with van der Waals surface area (Å²) in [6, 6.07) is 9.47. The van der Waals surface area contributed by atoms with E-state index >= 15 is 0 Å². The molecule has 3 aromatic rings. The van der Waals surface area contributed by atoms with Crippen molar-refractivity contribution in [2.75, 3.05) is 10.6 Å².